The van der Waals surface area contributed by atoms with Crippen LogP contribution in [0, 0.1) is 11.3 Å². The van der Waals surface area contributed by atoms with E-state index in [0.29, 0.717) is 12.2 Å². The lowest BCUT2D eigenvalue weighted by atomic mass is 10.0. The van der Waals surface area contributed by atoms with E-state index in [1.165, 1.54) is 0 Å². The number of rotatable bonds is 5. The van der Waals surface area contributed by atoms with Crippen LogP contribution in [0.1, 0.15) is 18.9 Å². The molecule has 100 valence electrons. The van der Waals surface area contributed by atoms with Crippen LogP contribution in [0.4, 0.5) is 0 Å². The molecule has 0 heterocycles. The summed E-state index contributed by atoms with van der Waals surface area (Å²) in [6.45, 7) is 2.70. The van der Waals surface area contributed by atoms with Gasteiger partial charge >= 0.3 is 0 Å². The molecule has 0 saturated carbocycles. The monoisotopic (exact) mass is 263 g/mol. The van der Waals surface area contributed by atoms with Crippen LogP contribution in [0.3, 0.4) is 0 Å². The van der Waals surface area contributed by atoms with Crippen LogP contribution in [-0.4, -0.2) is 6.61 Å². The maximum absolute atomic E-state index is 8.78. The van der Waals surface area contributed by atoms with Crippen molar-refractivity contribution in [3.63, 3.8) is 0 Å². The van der Waals surface area contributed by atoms with E-state index in [9.17, 15) is 0 Å². The largest absolute Gasteiger partial charge is 0.493 e. The SMILES string of the molecule is CC=CCCOc1ccc(-c2ccc(C#N)cc2)cc1. The molecule has 0 fully saturated rings. The van der Waals surface area contributed by atoms with Crippen molar-refractivity contribution in [2.75, 3.05) is 6.61 Å². The minimum atomic E-state index is 0.678. The van der Waals surface area contributed by atoms with E-state index < -0.39 is 0 Å². The van der Waals surface area contributed by atoms with Gasteiger partial charge in [0.1, 0.15) is 5.75 Å². The first-order chi connectivity index (χ1) is 9.83. The van der Waals surface area contributed by atoms with Crippen molar-refractivity contribution in [3.8, 4) is 22.9 Å². The van der Waals surface area contributed by atoms with Gasteiger partial charge in [0.15, 0.2) is 0 Å². The van der Waals surface area contributed by atoms with Gasteiger partial charge in [0.25, 0.3) is 0 Å². The van der Waals surface area contributed by atoms with Gasteiger partial charge in [-0.05, 0) is 48.7 Å². The fourth-order valence-electron chi connectivity index (χ4n) is 1.89. The van der Waals surface area contributed by atoms with Gasteiger partial charge in [-0.25, -0.2) is 0 Å². The topological polar surface area (TPSA) is 33.0 Å². The number of hydrogen-bond donors (Lipinski definition) is 0. The van der Waals surface area contributed by atoms with Crippen molar-refractivity contribution >= 4 is 0 Å². The summed E-state index contributed by atoms with van der Waals surface area (Å²) in [6, 6.07) is 17.7. The third-order valence-corrected chi connectivity index (χ3v) is 2.99. The molecule has 0 aliphatic rings. The van der Waals surface area contributed by atoms with E-state index in [-0.39, 0.29) is 0 Å². The predicted octanol–water partition coefficient (Wildman–Crippen LogP) is 4.57. The molecule has 0 saturated heterocycles. The molecule has 0 radical (unpaired) electrons. The molecule has 0 N–H and O–H groups in total. The van der Waals surface area contributed by atoms with Gasteiger partial charge in [-0.1, -0.05) is 36.4 Å². The second kappa shape index (κ2) is 7.16. The summed E-state index contributed by atoms with van der Waals surface area (Å²) in [5.41, 5.74) is 2.90. The van der Waals surface area contributed by atoms with Gasteiger partial charge in [-0.15, -0.1) is 0 Å². The quantitative estimate of drug-likeness (QED) is 0.584. The van der Waals surface area contributed by atoms with Gasteiger partial charge in [0.2, 0.25) is 0 Å². The molecule has 0 unspecified atom stereocenters. The molecular weight excluding hydrogens is 246 g/mol. The summed E-state index contributed by atoms with van der Waals surface area (Å²) in [7, 11) is 0. The summed E-state index contributed by atoms with van der Waals surface area (Å²) < 4.78 is 5.64. The van der Waals surface area contributed by atoms with Crippen molar-refractivity contribution in [2.45, 2.75) is 13.3 Å². The number of hydrogen-bond acceptors (Lipinski definition) is 2. The Bertz CT molecular complexity index is 603. The molecule has 0 aliphatic heterocycles. The van der Waals surface area contributed by atoms with Crippen LogP contribution >= 0.6 is 0 Å². The fourth-order valence-corrected chi connectivity index (χ4v) is 1.89. The third-order valence-electron chi connectivity index (χ3n) is 2.99. The van der Waals surface area contributed by atoms with Gasteiger partial charge in [-0.2, -0.15) is 5.26 Å². The molecule has 0 amide bonds. The molecule has 2 aromatic rings. The molecular formula is C18H17NO. The van der Waals surface area contributed by atoms with Crippen molar-refractivity contribution < 1.29 is 4.74 Å². The zero-order chi connectivity index (χ0) is 14.2. The Hall–Kier alpha value is -2.53. The highest BCUT2D eigenvalue weighted by Gasteiger charge is 1.99. The highest BCUT2D eigenvalue weighted by atomic mass is 16.5. The van der Waals surface area contributed by atoms with Crippen LogP contribution in [0.2, 0.25) is 0 Å². The molecule has 2 aromatic carbocycles. The molecule has 0 atom stereocenters. The van der Waals surface area contributed by atoms with E-state index in [4.69, 9.17) is 10.00 Å². The van der Waals surface area contributed by atoms with E-state index in [2.05, 4.69) is 12.1 Å². The standard InChI is InChI=1S/C18H17NO/c1-2-3-4-13-20-18-11-9-17(10-12-18)16-7-5-15(14-19)6-8-16/h2-3,5-12H,4,13H2,1H3. The Morgan fingerprint density at radius 2 is 1.60 bits per heavy atom. The smallest absolute Gasteiger partial charge is 0.119 e. The molecule has 2 rings (SSSR count). The highest BCUT2D eigenvalue weighted by Crippen LogP contribution is 2.22. The summed E-state index contributed by atoms with van der Waals surface area (Å²) in [5.74, 6) is 0.881. The first kappa shape index (κ1) is 13.9. The van der Waals surface area contributed by atoms with E-state index in [1.54, 1.807) is 0 Å². The minimum Gasteiger partial charge on any atom is -0.493 e. The van der Waals surface area contributed by atoms with Gasteiger partial charge < -0.3 is 4.74 Å². The zero-order valence-electron chi connectivity index (χ0n) is 11.5. The Balaban J connectivity index is 2.02. The Morgan fingerprint density at radius 1 is 1.00 bits per heavy atom. The summed E-state index contributed by atoms with van der Waals surface area (Å²) in [6.07, 6.45) is 5.04. The maximum atomic E-state index is 8.78. The highest BCUT2D eigenvalue weighted by molar-refractivity contribution is 5.64. The van der Waals surface area contributed by atoms with Crippen molar-refractivity contribution in [1.82, 2.24) is 0 Å². The first-order valence-corrected chi connectivity index (χ1v) is 6.68. The number of nitrogens with zero attached hydrogens (tertiary/aromatic N) is 1. The van der Waals surface area contributed by atoms with Gasteiger partial charge in [0.05, 0.1) is 18.2 Å². The fraction of sp³-hybridized carbons (Fsp3) is 0.167. The molecule has 0 bridgehead atoms. The normalized spacial score (nSPS) is 10.4. The summed E-state index contributed by atoms with van der Waals surface area (Å²) in [5, 5.41) is 8.78. The zero-order valence-corrected chi connectivity index (χ0v) is 11.5. The minimum absolute atomic E-state index is 0.678. The van der Waals surface area contributed by atoms with Crippen molar-refractivity contribution in [2.24, 2.45) is 0 Å². The number of ether oxygens (including phenoxy) is 1. The van der Waals surface area contributed by atoms with Crippen LogP contribution in [-0.2, 0) is 0 Å². The lowest BCUT2D eigenvalue weighted by molar-refractivity contribution is 0.325. The van der Waals surface area contributed by atoms with Crippen LogP contribution < -0.4 is 4.74 Å². The second-order valence-corrected chi connectivity index (χ2v) is 4.42. The molecule has 2 nitrogen and oxygen atoms in total. The third kappa shape index (κ3) is 3.73. The summed E-state index contributed by atoms with van der Waals surface area (Å²) >= 11 is 0. The van der Waals surface area contributed by atoms with Crippen LogP contribution in [0.5, 0.6) is 5.75 Å². The Labute approximate surface area is 119 Å². The molecule has 20 heavy (non-hydrogen) atoms. The number of nitriles is 1. The van der Waals surface area contributed by atoms with Crippen molar-refractivity contribution in [1.29, 1.82) is 5.26 Å². The molecule has 0 aromatic heterocycles. The average molecular weight is 263 g/mol. The number of allylic oxidation sites excluding steroid dienone is 1. The summed E-state index contributed by atoms with van der Waals surface area (Å²) in [4.78, 5) is 0. The van der Waals surface area contributed by atoms with E-state index >= 15 is 0 Å². The first-order valence-electron chi connectivity index (χ1n) is 6.68. The van der Waals surface area contributed by atoms with Crippen molar-refractivity contribution in [3.05, 3.63) is 66.2 Å². The Kier molecular flexibility index (Phi) is 4.97. The Morgan fingerprint density at radius 3 is 2.15 bits per heavy atom. The van der Waals surface area contributed by atoms with E-state index in [0.717, 1.165) is 23.3 Å². The molecule has 0 aliphatic carbocycles. The predicted molar refractivity (Wildman–Crippen MR) is 81.5 cm³/mol. The van der Waals surface area contributed by atoms with Gasteiger partial charge in [-0.3, -0.25) is 0 Å². The maximum Gasteiger partial charge on any atom is 0.119 e. The molecule has 2 heteroatoms. The number of benzene rings is 2. The lowest BCUT2D eigenvalue weighted by Gasteiger charge is -2.06. The molecule has 0 spiro atoms. The van der Waals surface area contributed by atoms with Crippen LogP contribution in [0.25, 0.3) is 11.1 Å². The van der Waals surface area contributed by atoms with Gasteiger partial charge in [0, 0.05) is 0 Å². The van der Waals surface area contributed by atoms with E-state index in [1.807, 2.05) is 61.5 Å². The second-order valence-electron chi connectivity index (χ2n) is 4.42. The van der Waals surface area contributed by atoms with Crippen LogP contribution in [0.15, 0.2) is 60.7 Å². The lowest BCUT2D eigenvalue weighted by Crippen LogP contribution is -1.95. The average Bonchev–Trinajstić information content (AvgIpc) is 2.52.